The number of carbonyl (C=O) groups excluding carboxylic acids is 1. The van der Waals surface area contributed by atoms with E-state index in [2.05, 4.69) is 4.90 Å². The van der Waals surface area contributed by atoms with Gasteiger partial charge in [0.2, 0.25) is 0 Å². The molecular weight excluding hydrogens is 459 g/mol. The van der Waals surface area contributed by atoms with Gasteiger partial charge in [-0.1, -0.05) is 53.5 Å². The fourth-order valence-corrected chi connectivity index (χ4v) is 4.68. The molecular formula is C26H26Cl2N2O3. The summed E-state index contributed by atoms with van der Waals surface area (Å²) in [7, 11) is 1.56. The highest BCUT2D eigenvalue weighted by molar-refractivity contribution is 6.33. The van der Waals surface area contributed by atoms with E-state index < -0.39 is 6.10 Å². The number of piperazine rings is 1. The Morgan fingerprint density at radius 2 is 1.82 bits per heavy atom. The van der Waals surface area contributed by atoms with Gasteiger partial charge in [0.15, 0.2) is 6.10 Å². The fourth-order valence-electron chi connectivity index (χ4n) is 4.21. The van der Waals surface area contributed by atoms with Gasteiger partial charge < -0.3 is 19.6 Å². The van der Waals surface area contributed by atoms with Crippen molar-refractivity contribution < 1.29 is 14.6 Å². The summed E-state index contributed by atoms with van der Waals surface area (Å²) in [4.78, 5) is 17.2. The molecule has 3 aromatic carbocycles. The first-order valence-corrected chi connectivity index (χ1v) is 11.5. The molecule has 0 saturated carbocycles. The third-order valence-corrected chi connectivity index (χ3v) is 6.56. The van der Waals surface area contributed by atoms with Crippen molar-refractivity contribution in [2.24, 2.45) is 0 Å². The van der Waals surface area contributed by atoms with Crippen molar-refractivity contribution in [2.45, 2.75) is 19.1 Å². The Labute approximate surface area is 204 Å². The van der Waals surface area contributed by atoms with Crippen molar-refractivity contribution in [2.75, 3.05) is 31.6 Å². The van der Waals surface area contributed by atoms with Crippen LogP contribution in [0.4, 0.5) is 5.69 Å². The predicted octanol–water partition coefficient (Wildman–Crippen LogP) is 5.43. The lowest BCUT2D eigenvalue weighted by atomic mass is 9.99. The number of anilines is 1. The van der Waals surface area contributed by atoms with Gasteiger partial charge in [-0.3, -0.25) is 4.79 Å². The summed E-state index contributed by atoms with van der Waals surface area (Å²) in [6.07, 6.45) is -1.26. The molecule has 172 valence electrons. The molecule has 0 aromatic heterocycles. The number of amides is 1. The smallest absolute Gasteiger partial charge is 0.256 e. The standard InChI is InChI=1S/C26H26Cl2N2O3/c1-17-6-11-23(22(28)14-17)30-13-12-29(16-24(30)18-7-9-20(27)10-8-18)26(32)25(31)19-4-3-5-21(15-19)33-2/h3-11,14-15,24-25,31H,12-13,16H2,1-2H3/t24-,25?/m0/s1. The zero-order valence-corrected chi connectivity index (χ0v) is 20.1. The number of aryl methyl sites for hydroxylation is 1. The van der Waals surface area contributed by atoms with E-state index in [1.165, 1.54) is 0 Å². The number of nitrogens with zero attached hydrogens (tertiary/aromatic N) is 2. The van der Waals surface area contributed by atoms with Crippen LogP contribution in [0.3, 0.4) is 0 Å². The third-order valence-electron chi connectivity index (χ3n) is 6.00. The number of methoxy groups -OCH3 is 1. The van der Waals surface area contributed by atoms with E-state index in [0.717, 1.165) is 16.8 Å². The van der Waals surface area contributed by atoms with E-state index in [0.29, 0.717) is 41.0 Å². The molecule has 0 spiro atoms. The number of ether oxygens (including phenoxy) is 1. The summed E-state index contributed by atoms with van der Waals surface area (Å²) in [6, 6.07) is 20.4. The Morgan fingerprint density at radius 1 is 1.06 bits per heavy atom. The molecule has 1 fully saturated rings. The second kappa shape index (κ2) is 10.0. The van der Waals surface area contributed by atoms with Crippen LogP contribution in [0, 0.1) is 6.92 Å². The maximum atomic E-state index is 13.3. The van der Waals surface area contributed by atoms with Gasteiger partial charge >= 0.3 is 0 Å². The van der Waals surface area contributed by atoms with E-state index in [1.807, 2.05) is 49.4 Å². The Hall–Kier alpha value is -2.73. The Bertz CT molecular complexity index is 1140. The van der Waals surface area contributed by atoms with Gasteiger partial charge in [-0.15, -0.1) is 0 Å². The summed E-state index contributed by atoms with van der Waals surface area (Å²) in [5.41, 5.74) is 3.53. The first kappa shape index (κ1) is 23.4. The lowest BCUT2D eigenvalue weighted by molar-refractivity contribution is -0.141. The van der Waals surface area contributed by atoms with Crippen LogP contribution < -0.4 is 9.64 Å². The van der Waals surface area contributed by atoms with Gasteiger partial charge in [0, 0.05) is 24.7 Å². The minimum atomic E-state index is -1.26. The second-order valence-electron chi connectivity index (χ2n) is 8.18. The number of rotatable bonds is 5. The average Bonchev–Trinajstić information content (AvgIpc) is 2.83. The molecule has 3 aromatic rings. The van der Waals surface area contributed by atoms with Crippen molar-refractivity contribution >= 4 is 34.8 Å². The average molecular weight is 485 g/mol. The molecule has 1 N–H and O–H groups in total. The summed E-state index contributed by atoms with van der Waals surface area (Å²) >= 11 is 12.7. The predicted molar refractivity (Wildman–Crippen MR) is 132 cm³/mol. The largest absolute Gasteiger partial charge is 0.497 e. The molecule has 1 aliphatic rings. The summed E-state index contributed by atoms with van der Waals surface area (Å²) in [5, 5.41) is 12.1. The first-order valence-electron chi connectivity index (χ1n) is 10.8. The van der Waals surface area contributed by atoms with Crippen LogP contribution in [0.5, 0.6) is 5.75 Å². The normalized spacial score (nSPS) is 17.1. The molecule has 0 aliphatic carbocycles. The molecule has 7 heteroatoms. The molecule has 2 atom stereocenters. The number of aliphatic hydroxyl groups excluding tert-OH is 1. The lowest BCUT2D eigenvalue weighted by Gasteiger charge is -2.44. The van der Waals surface area contributed by atoms with E-state index in [9.17, 15) is 9.90 Å². The van der Waals surface area contributed by atoms with Crippen molar-refractivity contribution in [3.63, 3.8) is 0 Å². The summed E-state index contributed by atoms with van der Waals surface area (Å²) < 4.78 is 5.23. The van der Waals surface area contributed by atoms with Crippen LogP contribution >= 0.6 is 23.2 Å². The SMILES string of the molecule is COc1cccc(C(O)C(=O)N2CCN(c3ccc(C)cc3Cl)[C@H](c3ccc(Cl)cc3)C2)c1. The van der Waals surface area contributed by atoms with Crippen LogP contribution in [-0.4, -0.2) is 42.7 Å². The minimum Gasteiger partial charge on any atom is -0.497 e. The number of hydrogen-bond donors (Lipinski definition) is 1. The molecule has 1 unspecified atom stereocenters. The Morgan fingerprint density at radius 3 is 2.52 bits per heavy atom. The number of benzene rings is 3. The van der Waals surface area contributed by atoms with Gasteiger partial charge in [-0.2, -0.15) is 0 Å². The third kappa shape index (κ3) is 5.11. The first-order chi connectivity index (χ1) is 15.9. The van der Waals surface area contributed by atoms with E-state index in [4.69, 9.17) is 27.9 Å². The fraction of sp³-hybridized carbons (Fsp3) is 0.269. The molecule has 5 nitrogen and oxygen atoms in total. The van der Waals surface area contributed by atoms with Gasteiger partial charge in [-0.05, 0) is 60.0 Å². The Balaban J connectivity index is 1.63. The zero-order valence-electron chi connectivity index (χ0n) is 18.5. The van der Waals surface area contributed by atoms with Gasteiger partial charge in [0.25, 0.3) is 5.91 Å². The highest BCUT2D eigenvalue weighted by Gasteiger charge is 2.34. The van der Waals surface area contributed by atoms with E-state index >= 15 is 0 Å². The number of halogens is 2. The Kier molecular flexibility index (Phi) is 7.13. The highest BCUT2D eigenvalue weighted by atomic mass is 35.5. The molecule has 1 amide bonds. The highest BCUT2D eigenvalue weighted by Crippen LogP contribution is 2.36. The summed E-state index contributed by atoms with van der Waals surface area (Å²) in [5.74, 6) is 0.258. The molecule has 33 heavy (non-hydrogen) atoms. The molecule has 0 radical (unpaired) electrons. The maximum absolute atomic E-state index is 13.3. The van der Waals surface area contributed by atoms with E-state index in [-0.39, 0.29) is 11.9 Å². The summed E-state index contributed by atoms with van der Waals surface area (Å²) in [6.45, 7) is 3.45. The van der Waals surface area contributed by atoms with Crippen LogP contribution in [0.25, 0.3) is 0 Å². The quantitative estimate of drug-likeness (QED) is 0.524. The van der Waals surface area contributed by atoms with Crippen LogP contribution in [-0.2, 0) is 4.79 Å². The van der Waals surface area contributed by atoms with Crippen LogP contribution in [0.2, 0.25) is 10.0 Å². The van der Waals surface area contributed by atoms with Crippen molar-refractivity contribution in [1.29, 1.82) is 0 Å². The van der Waals surface area contributed by atoms with Crippen LogP contribution in [0.15, 0.2) is 66.7 Å². The molecule has 1 aliphatic heterocycles. The topological polar surface area (TPSA) is 53.0 Å². The molecule has 1 saturated heterocycles. The lowest BCUT2D eigenvalue weighted by Crippen LogP contribution is -2.51. The van der Waals surface area contributed by atoms with E-state index in [1.54, 1.807) is 36.3 Å². The minimum absolute atomic E-state index is 0.141. The van der Waals surface area contributed by atoms with Crippen LogP contribution in [0.1, 0.15) is 28.8 Å². The molecule has 4 rings (SSSR count). The number of carbonyl (C=O) groups is 1. The van der Waals surface area contributed by atoms with Gasteiger partial charge in [-0.25, -0.2) is 0 Å². The van der Waals surface area contributed by atoms with Crippen molar-refractivity contribution in [3.8, 4) is 5.75 Å². The van der Waals surface area contributed by atoms with Crippen molar-refractivity contribution in [1.82, 2.24) is 4.90 Å². The zero-order chi connectivity index (χ0) is 23.5. The molecule has 0 bridgehead atoms. The number of aliphatic hydroxyl groups is 1. The molecule has 1 heterocycles. The van der Waals surface area contributed by atoms with Crippen molar-refractivity contribution in [3.05, 3.63) is 93.5 Å². The number of hydrogen-bond acceptors (Lipinski definition) is 4. The van der Waals surface area contributed by atoms with Gasteiger partial charge in [0.1, 0.15) is 5.75 Å². The maximum Gasteiger partial charge on any atom is 0.256 e. The second-order valence-corrected chi connectivity index (χ2v) is 9.02. The monoisotopic (exact) mass is 484 g/mol. The van der Waals surface area contributed by atoms with Gasteiger partial charge in [0.05, 0.1) is 23.9 Å².